The highest BCUT2D eigenvalue weighted by Crippen LogP contribution is 2.61. The van der Waals surface area contributed by atoms with Gasteiger partial charge in [-0.1, -0.05) is 60.7 Å². The topological polar surface area (TPSA) is 327 Å². The summed E-state index contributed by atoms with van der Waals surface area (Å²) in [6, 6.07) is 18.0. The van der Waals surface area contributed by atoms with Crippen LogP contribution in [0.2, 0.25) is 0 Å². The smallest absolute Gasteiger partial charge is 0.365 e. The number of urea groups is 2. The molecule has 10 rings (SSSR count). The zero-order chi connectivity index (χ0) is 50.0. The fourth-order valence-corrected chi connectivity index (χ4v) is 11.0. The molecule has 4 amide bonds. The van der Waals surface area contributed by atoms with Gasteiger partial charge in [0.1, 0.15) is 55.4 Å². The molecule has 0 saturated carbocycles. The molecule has 4 aromatic heterocycles. The zero-order valence-electron chi connectivity index (χ0n) is 38.5. The number of imidazole rings is 2. The summed E-state index contributed by atoms with van der Waals surface area (Å²) in [7, 11) is -10.8. The Labute approximate surface area is 409 Å². The molecule has 4 aliphatic heterocycles. The highest BCUT2D eigenvalue weighted by Gasteiger charge is 2.56. The van der Waals surface area contributed by atoms with Crippen molar-refractivity contribution >= 4 is 61.7 Å². The van der Waals surface area contributed by atoms with Crippen LogP contribution >= 0.6 is 15.6 Å². The number of ether oxygens (including phenoxy) is 6. The number of aromatic nitrogens is 8. The van der Waals surface area contributed by atoms with E-state index in [1.165, 1.54) is 25.3 Å². The molecule has 27 nitrogen and oxygen atoms in total. The number of hydrogen-bond donors (Lipinski definition) is 6. The molecule has 6 N–H and O–H groups in total. The fraction of sp³-hybridized carbons (Fsp3) is 0.442. The van der Waals surface area contributed by atoms with Gasteiger partial charge in [0.05, 0.1) is 32.4 Å². The fourth-order valence-electron chi connectivity index (χ4n) is 8.93. The number of phosphoric acid groups is 2. The van der Waals surface area contributed by atoms with Crippen LogP contribution in [0, 0.1) is 0 Å². The van der Waals surface area contributed by atoms with Crippen molar-refractivity contribution in [1.82, 2.24) is 49.7 Å². The molecule has 29 heteroatoms. The third kappa shape index (κ3) is 11.0. The summed E-state index contributed by atoms with van der Waals surface area (Å²) in [5.41, 5.74) is 3.05. The third-order valence-electron chi connectivity index (χ3n) is 12.0. The predicted octanol–water partition coefficient (Wildman–Crippen LogP) is 3.57. The van der Waals surface area contributed by atoms with Crippen molar-refractivity contribution in [1.29, 1.82) is 0 Å². The second kappa shape index (κ2) is 21.3. The summed E-state index contributed by atoms with van der Waals surface area (Å²) >= 11 is 0. The van der Waals surface area contributed by atoms with Crippen LogP contribution in [0.4, 0.5) is 21.2 Å². The van der Waals surface area contributed by atoms with Gasteiger partial charge in [0, 0.05) is 25.9 Å². The molecule has 4 saturated heterocycles. The number of amides is 4. The lowest BCUT2D eigenvalue weighted by Crippen LogP contribution is -2.33. The highest BCUT2D eigenvalue weighted by molar-refractivity contribution is 7.61. The molecule has 0 bridgehead atoms. The molecule has 4 unspecified atom stereocenters. The largest absolute Gasteiger partial charge is 0.481 e. The number of fused-ring (bicyclic) bond motifs is 4. The van der Waals surface area contributed by atoms with Crippen molar-refractivity contribution in [3.8, 4) is 0 Å². The van der Waals surface area contributed by atoms with Gasteiger partial charge in [0.2, 0.25) is 0 Å². The van der Waals surface area contributed by atoms with Gasteiger partial charge in [0.15, 0.2) is 52.8 Å². The molecule has 72 heavy (non-hydrogen) atoms. The average molecular weight is 1040 g/mol. The maximum atomic E-state index is 13.5. The molecule has 0 spiro atoms. The summed E-state index contributed by atoms with van der Waals surface area (Å²) in [5, 5.41) is 10.6. The zero-order valence-corrected chi connectivity index (χ0v) is 40.3. The summed E-state index contributed by atoms with van der Waals surface area (Å²) in [6.45, 7) is 3.09. The van der Waals surface area contributed by atoms with Crippen LogP contribution in [0.5, 0.6) is 0 Å². The monoisotopic (exact) mass is 1040 g/mol. The molecule has 8 heterocycles. The van der Waals surface area contributed by atoms with Gasteiger partial charge in [0.25, 0.3) is 0 Å². The molecule has 0 radical (unpaired) electrons. The van der Waals surface area contributed by atoms with Crippen molar-refractivity contribution in [2.24, 2.45) is 0 Å². The summed E-state index contributed by atoms with van der Waals surface area (Å²) in [6.07, 6.45) is -2.53. The van der Waals surface area contributed by atoms with Crippen LogP contribution in [0.15, 0.2) is 86.0 Å². The lowest BCUT2D eigenvalue weighted by Gasteiger charge is -2.23. The van der Waals surface area contributed by atoms with Gasteiger partial charge in [-0.2, -0.15) is 4.31 Å². The Kier molecular flexibility index (Phi) is 14.7. The molecule has 0 aliphatic carbocycles. The summed E-state index contributed by atoms with van der Waals surface area (Å²) in [5.74, 6) is 0.323. The Morgan fingerprint density at radius 2 is 1.10 bits per heavy atom. The maximum absolute atomic E-state index is 13.5. The minimum atomic E-state index is -5.39. The van der Waals surface area contributed by atoms with Crippen LogP contribution < -0.4 is 21.3 Å². The van der Waals surface area contributed by atoms with Crippen LogP contribution in [0.25, 0.3) is 22.3 Å². The van der Waals surface area contributed by atoms with Gasteiger partial charge in [-0.25, -0.2) is 48.6 Å². The van der Waals surface area contributed by atoms with E-state index in [2.05, 4.69) is 51.2 Å². The van der Waals surface area contributed by atoms with Gasteiger partial charge in [-0.05, 0) is 25.0 Å². The quantitative estimate of drug-likeness (QED) is 0.0632. The normalized spacial score (nSPS) is 27.3. The van der Waals surface area contributed by atoms with Crippen LogP contribution in [-0.2, 0) is 70.3 Å². The standard InChI is InChI=1S/C43H50N12O15P2/c1-3-44-42(56)52-37-31-39(48-20-46-37)54(22-50-31)17-26-33-34(67-29(66-33)15-24-11-7-5-8-12-24)27(64-26)18-62-71(58,59)70-72(60,61)63-19-28-35-36(69-30(68-35)16-25-13-9-6-10-14-25)41(65-28)55-23-51-32-38(47-21-49-40(32)55)53-43(57)45-4-2/h5-14,20-23,26-30,33-36,41H,3-4,15-19H2,1-2H3,(H,58,59)(H,60,61)(H2,44,46,48,52,56)(H2,45,47,49,53,57)/t26-,27+,28-,29?,30?,33-,34+,35-,36-,41-/m1/s1. The van der Waals surface area contributed by atoms with Gasteiger partial charge < -0.3 is 53.4 Å². The molecule has 6 aromatic rings. The van der Waals surface area contributed by atoms with E-state index in [-0.39, 0.29) is 29.3 Å². The lowest BCUT2D eigenvalue weighted by molar-refractivity contribution is -0.149. The number of nitrogens with one attached hydrogen (secondary N) is 4. The number of benzene rings is 2. The molecular weight excluding hydrogens is 986 g/mol. The number of nitrogens with zero attached hydrogens (tertiary/aromatic N) is 8. The molecule has 4 fully saturated rings. The Balaban J connectivity index is 0.812. The second-order valence-electron chi connectivity index (χ2n) is 16.8. The molecule has 12 atom stereocenters. The van der Waals surface area contributed by atoms with Crippen LogP contribution in [-0.4, -0.2) is 142 Å². The highest BCUT2D eigenvalue weighted by atomic mass is 31.3. The number of anilines is 2. The van der Waals surface area contributed by atoms with Crippen molar-refractivity contribution in [3.05, 3.63) is 97.1 Å². The van der Waals surface area contributed by atoms with Crippen LogP contribution in [0.1, 0.15) is 31.2 Å². The Bertz CT molecular complexity index is 2980. The number of phosphoric ester groups is 2. The van der Waals surface area contributed by atoms with E-state index in [1.807, 2.05) is 60.7 Å². The van der Waals surface area contributed by atoms with Crippen LogP contribution in [0.3, 0.4) is 0 Å². The first kappa shape index (κ1) is 49.7. The van der Waals surface area contributed by atoms with Gasteiger partial charge >= 0.3 is 27.7 Å². The van der Waals surface area contributed by atoms with Crippen molar-refractivity contribution in [3.63, 3.8) is 0 Å². The van der Waals surface area contributed by atoms with E-state index < -0.39 is 102 Å². The van der Waals surface area contributed by atoms with E-state index >= 15 is 0 Å². The Morgan fingerprint density at radius 1 is 0.611 bits per heavy atom. The van der Waals surface area contributed by atoms with Crippen molar-refractivity contribution in [2.75, 3.05) is 36.9 Å². The van der Waals surface area contributed by atoms with E-state index in [0.29, 0.717) is 37.1 Å². The number of carbonyl (C=O) groups excluding carboxylic acids is 2. The maximum Gasteiger partial charge on any atom is 0.481 e. The predicted molar refractivity (Wildman–Crippen MR) is 249 cm³/mol. The van der Waals surface area contributed by atoms with Gasteiger partial charge in [-0.15, -0.1) is 0 Å². The molecule has 382 valence electrons. The first-order valence-corrected chi connectivity index (χ1v) is 25.9. The number of carbonyl (C=O) groups is 2. The minimum absolute atomic E-state index is 0.106. The van der Waals surface area contributed by atoms with E-state index in [9.17, 15) is 28.5 Å². The number of rotatable bonds is 19. The van der Waals surface area contributed by atoms with Crippen molar-refractivity contribution < 1.29 is 70.3 Å². The number of hydrogen-bond acceptors (Lipinski definition) is 19. The molecule has 4 aliphatic rings. The molecule has 2 aromatic carbocycles. The lowest BCUT2D eigenvalue weighted by atomic mass is 10.1. The SMILES string of the molecule is CCNC(=O)Nc1ncnc2c1ncn2C[C@H]1O[C@@H](COP(=O)(O)OP(=O)(O)OC[C@H]2O[C@@H](n3cnc4c(NC(=O)NCC)ncnc43)[C@@H]3OC(Cc4ccccc4)O[C@@H]32)[C@@H]2OC(Cc3ccccc3)O[C@@H]21. The Hall–Kier alpha value is -5.90. The third-order valence-corrected chi connectivity index (χ3v) is 14.6. The van der Waals surface area contributed by atoms with E-state index in [4.69, 9.17) is 41.8 Å². The van der Waals surface area contributed by atoms with Gasteiger partial charge in [-0.3, -0.25) is 24.2 Å². The van der Waals surface area contributed by atoms with E-state index in [1.54, 1.807) is 23.0 Å². The summed E-state index contributed by atoms with van der Waals surface area (Å²) in [4.78, 5) is 72.3. The average Bonchev–Trinajstić information content (AvgIpc) is 4.22. The first-order valence-electron chi connectivity index (χ1n) is 22.9. The van der Waals surface area contributed by atoms with E-state index in [0.717, 1.165) is 11.1 Å². The second-order valence-corrected chi connectivity index (χ2v) is 19.9. The molecular formula is C43H50N12O15P2. The summed E-state index contributed by atoms with van der Waals surface area (Å²) < 4.78 is 83.6. The minimum Gasteiger partial charge on any atom is -0.365 e. The first-order chi connectivity index (χ1) is 34.8. The van der Waals surface area contributed by atoms with Crippen molar-refractivity contribution in [2.45, 2.75) is 94.8 Å². The Morgan fingerprint density at radius 3 is 1.67 bits per heavy atom.